The maximum absolute atomic E-state index is 12.4. The zero-order valence-electron chi connectivity index (χ0n) is 12.6. The fraction of sp³-hybridized carbons (Fsp3) is 0.562. The van der Waals surface area contributed by atoms with E-state index < -0.39 is 0 Å². The highest BCUT2D eigenvalue weighted by Gasteiger charge is 2.24. The summed E-state index contributed by atoms with van der Waals surface area (Å²) in [6, 6.07) is 8.26. The minimum absolute atomic E-state index is 0.208. The molecule has 1 unspecified atom stereocenters. The molecule has 0 radical (unpaired) electrons. The lowest BCUT2D eigenvalue weighted by Gasteiger charge is -2.34. The lowest BCUT2D eigenvalue weighted by Crippen LogP contribution is -2.52. The van der Waals surface area contributed by atoms with Gasteiger partial charge in [-0.1, -0.05) is 19.1 Å². The summed E-state index contributed by atoms with van der Waals surface area (Å²) in [6.45, 7) is 6.79. The fourth-order valence-electron chi connectivity index (χ4n) is 2.66. The molecule has 1 saturated heterocycles. The van der Waals surface area contributed by atoms with Crippen LogP contribution in [0, 0.1) is 0 Å². The number of carbonyl (C=O) groups excluding carboxylic acids is 1. The van der Waals surface area contributed by atoms with Crippen molar-refractivity contribution in [1.29, 1.82) is 0 Å². The molecule has 1 aromatic rings. The largest absolute Gasteiger partial charge is 0.497 e. The molecule has 4 heteroatoms. The highest BCUT2D eigenvalue weighted by Crippen LogP contribution is 2.24. The van der Waals surface area contributed by atoms with Gasteiger partial charge in [0.15, 0.2) is 0 Å². The van der Waals surface area contributed by atoms with E-state index in [1.807, 2.05) is 23.1 Å². The third kappa shape index (κ3) is 3.51. The molecule has 1 fully saturated rings. The summed E-state index contributed by atoms with van der Waals surface area (Å²) in [5, 5.41) is 3.31. The standard InChI is InChI=1S/C16H24N2O2/c1-12(14-5-4-6-15(10-14)20-3)9-16(19)18-8-7-17-11-13(18)2/h4-6,10,12-13,17H,7-9,11H2,1-3H3/t12?,13-/m0/s1. The number of nitrogens with one attached hydrogen (secondary N) is 1. The Morgan fingerprint density at radius 3 is 3.05 bits per heavy atom. The minimum atomic E-state index is 0.208. The third-order valence-corrected chi connectivity index (χ3v) is 3.97. The van der Waals surface area contributed by atoms with Gasteiger partial charge >= 0.3 is 0 Å². The molecule has 20 heavy (non-hydrogen) atoms. The molecular formula is C16H24N2O2. The van der Waals surface area contributed by atoms with Gasteiger partial charge < -0.3 is 15.0 Å². The first-order valence-corrected chi connectivity index (χ1v) is 7.26. The van der Waals surface area contributed by atoms with Crippen molar-refractivity contribution < 1.29 is 9.53 Å². The van der Waals surface area contributed by atoms with Crippen molar-refractivity contribution in [3.05, 3.63) is 29.8 Å². The second kappa shape index (κ2) is 6.75. The van der Waals surface area contributed by atoms with Crippen molar-refractivity contribution in [3.63, 3.8) is 0 Å². The van der Waals surface area contributed by atoms with Gasteiger partial charge in [-0.05, 0) is 30.5 Å². The van der Waals surface area contributed by atoms with Crippen molar-refractivity contribution >= 4 is 5.91 Å². The van der Waals surface area contributed by atoms with Crippen LogP contribution in [0.5, 0.6) is 5.75 Å². The first-order valence-electron chi connectivity index (χ1n) is 7.26. The van der Waals surface area contributed by atoms with Gasteiger partial charge in [-0.15, -0.1) is 0 Å². The summed E-state index contributed by atoms with van der Waals surface area (Å²) in [5.41, 5.74) is 1.15. The average Bonchev–Trinajstić information content (AvgIpc) is 2.47. The quantitative estimate of drug-likeness (QED) is 0.914. The topological polar surface area (TPSA) is 41.6 Å². The maximum atomic E-state index is 12.4. The van der Waals surface area contributed by atoms with Gasteiger partial charge in [0.25, 0.3) is 0 Å². The lowest BCUT2D eigenvalue weighted by molar-refractivity contribution is -0.134. The van der Waals surface area contributed by atoms with E-state index in [1.165, 1.54) is 0 Å². The number of nitrogens with zero attached hydrogens (tertiary/aromatic N) is 1. The van der Waals surface area contributed by atoms with E-state index in [0.29, 0.717) is 6.42 Å². The zero-order chi connectivity index (χ0) is 14.5. The molecule has 1 aliphatic rings. The number of hydrogen-bond acceptors (Lipinski definition) is 3. The summed E-state index contributed by atoms with van der Waals surface area (Å²) in [4.78, 5) is 14.4. The maximum Gasteiger partial charge on any atom is 0.223 e. The Hall–Kier alpha value is -1.55. The van der Waals surface area contributed by atoms with Gasteiger partial charge in [0.05, 0.1) is 7.11 Å². The molecule has 1 aromatic carbocycles. The van der Waals surface area contributed by atoms with E-state index in [1.54, 1.807) is 7.11 Å². The highest BCUT2D eigenvalue weighted by molar-refractivity contribution is 5.77. The van der Waals surface area contributed by atoms with Crippen molar-refractivity contribution in [2.24, 2.45) is 0 Å². The van der Waals surface area contributed by atoms with Gasteiger partial charge in [-0.3, -0.25) is 4.79 Å². The van der Waals surface area contributed by atoms with Gasteiger partial charge in [0, 0.05) is 32.1 Å². The van der Waals surface area contributed by atoms with E-state index in [2.05, 4.69) is 25.2 Å². The molecule has 2 atom stereocenters. The Balaban J connectivity index is 1.99. The Kier molecular flexibility index (Phi) is 5.01. The van der Waals surface area contributed by atoms with Gasteiger partial charge in [0.1, 0.15) is 5.75 Å². The predicted molar refractivity (Wildman–Crippen MR) is 80.1 cm³/mol. The molecular weight excluding hydrogens is 252 g/mol. The molecule has 0 spiro atoms. The second-order valence-corrected chi connectivity index (χ2v) is 5.52. The smallest absolute Gasteiger partial charge is 0.223 e. The number of methoxy groups -OCH3 is 1. The van der Waals surface area contributed by atoms with E-state index >= 15 is 0 Å². The SMILES string of the molecule is COc1cccc(C(C)CC(=O)N2CCNC[C@@H]2C)c1. The van der Waals surface area contributed by atoms with E-state index in [4.69, 9.17) is 4.74 Å². The molecule has 4 nitrogen and oxygen atoms in total. The number of ether oxygens (including phenoxy) is 1. The first kappa shape index (κ1) is 14.9. The van der Waals surface area contributed by atoms with Crippen LogP contribution in [0.2, 0.25) is 0 Å². The molecule has 0 saturated carbocycles. The van der Waals surface area contributed by atoms with Crippen LogP contribution in [-0.4, -0.2) is 43.6 Å². The summed E-state index contributed by atoms with van der Waals surface area (Å²) in [5.74, 6) is 1.30. The van der Waals surface area contributed by atoms with Crippen LogP contribution in [0.15, 0.2) is 24.3 Å². The summed E-state index contributed by atoms with van der Waals surface area (Å²) in [6.07, 6.45) is 0.553. The second-order valence-electron chi connectivity index (χ2n) is 5.52. The predicted octanol–water partition coefficient (Wildman–Crippen LogP) is 2.01. The number of benzene rings is 1. The molecule has 0 aliphatic carbocycles. The normalized spacial score (nSPS) is 20.6. The van der Waals surface area contributed by atoms with Crippen molar-refractivity contribution in [2.75, 3.05) is 26.7 Å². The summed E-state index contributed by atoms with van der Waals surface area (Å²) >= 11 is 0. The van der Waals surface area contributed by atoms with Crippen LogP contribution >= 0.6 is 0 Å². The number of rotatable bonds is 4. The van der Waals surface area contributed by atoms with Crippen molar-refractivity contribution in [2.45, 2.75) is 32.2 Å². The zero-order valence-corrected chi connectivity index (χ0v) is 12.6. The molecule has 1 N–H and O–H groups in total. The number of piperazine rings is 1. The molecule has 1 amide bonds. The van der Waals surface area contributed by atoms with E-state index in [0.717, 1.165) is 30.9 Å². The van der Waals surface area contributed by atoms with Crippen LogP contribution in [0.3, 0.4) is 0 Å². The van der Waals surface area contributed by atoms with Crippen molar-refractivity contribution in [3.8, 4) is 5.75 Å². The fourth-order valence-corrected chi connectivity index (χ4v) is 2.66. The summed E-state index contributed by atoms with van der Waals surface area (Å²) < 4.78 is 5.24. The van der Waals surface area contributed by atoms with Crippen LogP contribution in [0.25, 0.3) is 0 Å². The minimum Gasteiger partial charge on any atom is -0.497 e. The van der Waals surface area contributed by atoms with Gasteiger partial charge in [-0.2, -0.15) is 0 Å². The van der Waals surface area contributed by atoms with Crippen LogP contribution < -0.4 is 10.1 Å². The Bertz CT molecular complexity index is 462. The first-order chi connectivity index (χ1) is 9.61. The highest BCUT2D eigenvalue weighted by atomic mass is 16.5. The Morgan fingerprint density at radius 1 is 1.55 bits per heavy atom. The molecule has 1 aliphatic heterocycles. The summed E-state index contributed by atoms with van der Waals surface area (Å²) in [7, 11) is 1.66. The molecule has 1 heterocycles. The molecule has 0 bridgehead atoms. The van der Waals surface area contributed by atoms with Crippen LogP contribution in [-0.2, 0) is 4.79 Å². The van der Waals surface area contributed by atoms with Gasteiger partial charge in [0.2, 0.25) is 5.91 Å². The van der Waals surface area contributed by atoms with Crippen LogP contribution in [0.4, 0.5) is 0 Å². The van der Waals surface area contributed by atoms with E-state index in [-0.39, 0.29) is 17.9 Å². The molecule has 0 aromatic heterocycles. The van der Waals surface area contributed by atoms with Crippen LogP contribution in [0.1, 0.15) is 31.7 Å². The number of amides is 1. The molecule has 2 rings (SSSR count). The lowest BCUT2D eigenvalue weighted by atomic mass is 9.96. The van der Waals surface area contributed by atoms with Crippen molar-refractivity contribution in [1.82, 2.24) is 10.2 Å². The monoisotopic (exact) mass is 276 g/mol. The number of hydrogen-bond donors (Lipinski definition) is 1. The Morgan fingerprint density at radius 2 is 2.35 bits per heavy atom. The van der Waals surface area contributed by atoms with Gasteiger partial charge in [-0.25, -0.2) is 0 Å². The van der Waals surface area contributed by atoms with E-state index in [9.17, 15) is 4.79 Å². The molecule has 110 valence electrons. The number of carbonyl (C=O) groups is 1. The average molecular weight is 276 g/mol. The Labute approximate surface area is 121 Å². The third-order valence-electron chi connectivity index (χ3n) is 3.97.